The number of H-pyrrole nitrogens is 1. The van der Waals surface area contributed by atoms with E-state index in [1.54, 1.807) is 13.2 Å². The highest BCUT2D eigenvalue weighted by molar-refractivity contribution is 6.32. The zero-order valence-electron chi connectivity index (χ0n) is 20.0. The molecular formula is C24H31ClN8O. The molecule has 180 valence electrons. The molecule has 10 heteroatoms. The van der Waals surface area contributed by atoms with Crippen molar-refractivity contribution in [2.24, 2.45) is 0 Å². The van der Waals surface area contributed by atoms with E-state index in [0.29, 0.717) is 29.2 Å². The quantitative estimate of drug-likeness (QED) is 0.391. The molecule has 1 aromatic carbocycles. The molecule has 4 N–H and O–H groups in total. The van der Waals surface area contributed by atoms with Gasteiger partial charge < -0.3 is 16.0 Å². The first-order valence-electron chi connectivity index (χ1n) is 11.5. The van der Waals surface area contributed by atoms with Crippen LogP contribution in [0.25, 0.3) is 0 Å². The number of aromatic nitrogens is 4. The molecule has 1 atom stereocenters. The number of piperidine rings is 1. The van der Waals surface area contributed by atoms with E-state index in [2.05, 4.69) is 67.0 Å². The third-order valence-electron chi connectivity index (χ3n) is 6.15. The highest BCUT2D eigenvalue weighted by atomic mass is 35.5. The van der Waals surface area contributed by atoms with Crippen molar-refractivity contribution in [3.63, 3.8) is 0 Å². The second kappa shape index (κ2) is 10.4. The average Bonchev–Trinajstić information content (AvgIpc) is 3.23. The van der Waals surface area contributed by atoms with Crippen LogP contribution in [0.1, 0.15) is 47.7 Å². The lowest BCUT2D eigenvalue weighted by atomic mass is 9.90. The molecule has 1 unspecified atom stereocenters. The van der Waals surface area contributed by atoms with Crippen LogP contribution in [-0.2, 0) is 4.79 Å². The Morgan fingerprint density at radius 2 is 2.00 bits per heavy atom. The van der Waals surface area contributed by atoms with E-state index in [4.69, 9.17) is 11.6 Å². The van der Waals surface area contributed by atoms with Crippen molar-refractivity contribution >= 4 is 40.8 Å². The number of rotatable bonds is 7. The van der Waals surface area contributed by atoms with Crippen LogP contribution in [0.2, 0.25) is 5.02 Å². The first-order chi connectivity index (χ1) is 16.3. The Kier molecular flexibility index (Phi) is 7.33. The normalized spacial score (nSPS) is 16.3. The standard InChI is InChI=1S/C24H31ClN8O/c1-14-10-19(15(2)9-17(14)20-7-5-6-8-33(20)13-22(34)26-4)28-24-27-12-18(25)23(30-24)29-21-11-16(3)31-32-21/h9-12,20H,5-8,13H2,1-4H3,(H,26,34)(H3,27,28,29,30,31,32). The zero-order chi connectivity index (χ0) is 24.2. The summed E-state index contributed by atoms with van der Waals surface area (Å²) in [5.74, 6) is 1.60. The van der Waals surface area contributed by atoms with Gasteiger partial charge in [-0.2, -0.15) is 10.1 Å². The lowest BCUT2D eigenvalue weighted by Crippen LogP contribution is -2.40. The van der Waals surface area contributed by atoms with Crippen LogP contribution < -0.4 is 16.0 Å². The van der Waals surface area contributed by atoms with E-state index in [1.807, 2.05) is 13.0 Å². The predicted octanol–water partition coefficient (Wildman–Crippen LogP) is 4.54. The van der Waals surface area contributed by atoms with E-state index in [0.717, 1.165) is 42.8 Å². The summed E-state index contributed by atoms with van der Waals surface area (Å²) in [6.45, 7) is 7.46. The molecule has 3 aromatic rings. The molecule has 3 heterocycles. The van der Waals surface area contributed by atoms with Gasteiger partial charge in [0.1, 0.15) is 5.02 Å². The van der Waals surface area contributed by atoms with Gasteiger partial charge in [0.15, 0.2) is 11.6 Å². The van der Waals surface area contributed by atoms with Gasteiger partial charge in [-0.05, 0) is 62.9 Å². The fraction of sp³-hybridized carbons (Fsp3) is 0.417. The Hall–Kier alpha value is -3.17. The zero-order valence-corrected chi connectivity index (χ0v) is 20.8. The number of anilines is 4. The molecule has 1 aliphatic rings. The van der Waals surface area contributed by atoms with Crippen LogP contribution in [-0.4, -0.2) is 51.1 Å². The molecule has 9 nitrogen and oxygen atoms in total. The number of likely N-dealkylation sites (tertiary alicyclic amines) is 1. The van der Waals surface area contributed by atoms with Gasteiger partial charge in [0.2, 0.25) is 11.9 Å². The molecule has 34 heavy (non-hydrogen) atoms. The molecule has 2 aromatic heterocycles. The summed E-state index contributed by atoms with van der Waals surface area (Å²) < 4.78 is 0. The molecule has 0 radical (unpaired) electrons. The van der Waals surface area contributed by atoms with E-state index < -0.39 is 0 Å². The van der Waals surface area contributed by atoms with E-state index in [-0.39, 0.29) is 11.9 Å². The highest BCUT2D eigenvalue weighted by Crippen LogP contribution is 2.35. The molecule has 0 saturated carbocycles. The number of carbonyl (C=O) groups excluding carboxylic acids is 1. The number of aromatic amines is 1. The molecule has 0 aliphatic carbocycles. The molecule has 1 saturated heterocycles. The van der Waals surface area contributed by atoms with Gasteiger partial charge in [0.25, 0.3) is 0 Å². The Bertz CT molecular complexity index is 1180. The molecular weight excluding hydrogens is 452 g/mol. The first-order valence-corrected chi connectivity index (χ1v) is 11.9. The summed E-state index contributed by atoms with van der Waals surface area (Å²) >= 11 is 6.29. The lowest BCUT2D eigenvalue weighted by Gasteiger charge is -2.36. The van der Waals surface area contributed by atoms with E-state index in [1.165, 1.54) is 11.1 Å². The maximum absolute atomic E-state index is 12.0. The predicted molar refractivity (Wildman–Crippen MR) is 135 cm³/mol. The lowest BCUT2D eigenvalue weighted by molar-refractivity contribution is -0.122. The third-order valence-corrected chi connectivity index (χ3v) is 6.43. The van der Waals surface area contributed by atoms with Crippen molar-refractivity contribution in [1.29, 1.82) is 0 Å². The fourth-order valence-corrected chi connectivity index (χ4v) is 4.51. The van der Waals surface area contributed by atoms with Crippen molar-refractivity contribution < 1.29 is 4.79 Å². The number of carbonyl (C=O) groups is 1. The van der Waals surface area contributed by atoms with Crippen LogP contribution in [0, 0.1) is 20.8 Å². The van der Waals surface area contributed by atoms with Crippen molar-refractivity contribution in [2.75, 3.05) is 30.8 Å². The largest absolute Gasteiger partial charge is 0.358 e. The summed E-state index contributed by atoms with van der Waals surface area (Å²) in [6.07, 6.45) is 4.89. The van der Waals surface area contributed by atoms with Gasteiger partial charge in [0, 0.05) is 30.5 Å². The number of hydrogen-bond donors (Lipinski definition) is 4. The first kappa shape index (κ1) is 24.0. The average molecular weight is 483 g/mol. The highest BCUT2D eigenvalue weighted by Gasteiger charge is 2.27. The van der Waals surface area contributed by atoms with Gasteiger partial charge in [0.05, 0.1) is 12.7 Å². The number of hydrogen-bond acceptors (Lipinski definition) is 7. The van der Waals surface area contributed by atoms with Crippen LogP contribution in [0.5, 0.6) is 0 Å². The SMILES string of the molecule is CNC(=O)CN1CCCCC1c1cc(C)c(Nc2ncc(Cl)c(Nc3cc(C)[nH]n3)n2)cc1C. The van der Waals surface area contributed by atoms with Gasteiger partial charge in [-0.25, -0.2) is 4.98 Å². The van der Waals surface area contributed by atoms with Crippen molar-refractivity contribution in [1.82, 2.24) is 30.4 Å². The maximum Gasteiger partial charge on any atom is 0.233 e. The number of halogens is 1. The topological polar surface area (TPSA) is 111 Å². The summed E-state index contributed by atoms with van der Waals surface area (Å²) in [5, 5.41) is 16.7. The number of likely N-dealkylation sites (N-methyl/N-ethyl adjacent to an activating group) is 1. The van der Waals surface area contributed by atoms with Gasteiger partial charge in [-0.3, -0.25) is 14.8 Å². The van der Waals surface area contributed by atoms with Crippen LogP contribution in [0.15, 0.2) is 24.4 Å². The third kappa shape index (κ3) is 5.48. The van der Waals surface area contributed by atoms with Crippen molar-refractivity contribution in [2.45, 2.75) is 46.1 Å². The van der Waals surface area contributed by atoms with Gasteiger partial charge in [-0.1, -0.05) is 24.1 Å². The summed E-state index contributed by atoms with van der Waals surface area (Å²) in [6, 6.07) is 6.45. The number of amides is 1. The fourth-order valence-electron chi connectivity index (χ4n) is 4.37. The Balaban J connectivity index is 1.55. The van der Waals surface area contributed by atoms with Crippen LogP contribution in [0.3, 0.4) is 0 Å². The smallest absolute Gasteiger partial charge is 0.233 e. The van der Waals surface area contributed by atoms with E-state index in [9.17, 15) is 4.79 Å². The van der Waals surface area contributed by atoms with Crippen molar-refractivity contribution in [3.8, 4) is 0 Å². The van der Waals surface area contributed by atoms with E-state index >= 15 is 0 Å². The molecule has 1 fully saturated rings. The minimum Gasteiger partial charge on any atom is -0.358 e. The molecule has 0 spiro atoms. The second-order valence-corrected chi connectivity index (χ2v) is 9.16. The maximum atomic E-state index is 12.0. The monoisotopic (exact) mass is 482 g/mol. The van der Waals surface area contributed by atoms with Crippen molar-refractivity contribution in [3.05, 3.63) is 51.8 Å². The minimum absolute atomic E-state index is 0.0499. The Morgan fingerprint density at radius 1 is 1.18 bits per heavy atom. The summed E-state index contributed by atoms with van der Waals surface area (Å²) in [5.41, 5.74) is 5.38. The summed E-state index contributed by atoms with van der Waals surface area (Å²) in [4.78, 5) is 23.2. The number of nitrogens with one attached hydrogen (secondary N) is 4. The minimum atomic E-state index is 0.0499. The van der Waals surface area contributed by atoms with Gasteiger partial charge in [-0.15, -0.1) is 0 Å². The molecule has 0 bridgehead atoms. The molecule has 1 aliphatic heterocycles. The number of aryl methyl sites for hydroxylation is 3. The van der Waals surface area contributed by atoms with Gasteiger partial charge >= 0.3 is 0 Å². The Morgan fingerprint density at radius 3 is 2.74 bits per heavy atom. The number of benzene rings is 1. The second-order valence-electron chi connectivity index (χ2n) is 8.76. The number of nitrogens with zero attached hydrogens (tertiary/aromatic N) is 4. The summed E-state index contributed by atoms with van der Waals surface area (Å²) in [7, 11) is 1.69. The van der Waals surface area contributed by atoms with Crippen LogP contribution in [0.4, 0.5) is 23.3 Å². The van der Waals surface area contributed by atoms with Crippen LogP contribution >= 0.6 is 11.6 Å². The molecule has 4 rings (SSSR count). The Labute approximate surface area is 204 Å². The molecule has 1 amide bonds.